The van der Waals surface area contributed by atoms with Gasteiger partial charge in [-0.05, 0) is 29.8 Å². The molecule has 0 radical (unpaired) electrons. The van der Waals surface area contributed by atoms with Gasteiger partial charge in [0.15, 0.2) is 0 Å². The van der Waals surface area contributed by atoms with Crippen LogP contribution in [-0.4, -0.2) is 15.0 Å². The summed E-state index contributed by atoms with van der Waals surface area (Å²) in [5.74, 6) is -0.700. The molecule has 0 fully saturated rings. The maximum absolute atomic E-state index is 14.4. The quantitative estimate of drug-likeness (QED) is 0.925. The second kappa shape index (κ2) is 4.56. The van der Waals surface area contributed by atoms with Gasteiger partial charge in [0, 0.05) is 17.6 Å². The maximum atomic E-state index is 14.4. The van der Waals surface area contributed by atoms with Gasteiger partial charge in [-0.1, -0.05) is 32.0 Å². The van der Waals surface area contributed by atoms with Gasteiger partial charge < -0.3 is 5.32 Å². The lowest BCUT2D eigenvalue weighted by molar-refractivity contribution is 0.553. The molecule has 2 aromatic rings. The maximum Gasteiger partial charge on any atom is 0.209 e. The van der Waals surface area contributed by atoms with E-state index in [1.165, 1.54) is 24.3 Å². The van der Waals surface area contributed by atoms with E-state index in [9.17, 15) is 12.8 Å². The Morgan fingerprint density at radius 2 is 1.81 bits per heavy atom. The molecule has 0 spiro atoms. The van der Waals surface area contributed by atoms with E-state index in [1.54, 1.807) is 18.2 Å². The van der Waals surface area contributed by atoms with E-state index in [0.717, 1.165) is 5.56 Å². The Kier molecular flexibility index (Phi) is 3.06. The zero-order valence-corrected chi connectivity index (χ0v) is 12.7. The highest BCUT2D eigenvalue weighted by molar-refractivity contribution is 7.91. The molecular weight excluding hydrogens is 289 g/mol. The number of sulfone groups is 1. The summed E-state index contributed by atoms with van der Waals surface area (Å²) in [6, 6.07) is 10.7. The molecule has 0 bridgehead atoms. The number of fused-ring (bicyclic) bond motifs is 1. The van der Waals surface area contributed by atoms with Crippen LogP contribution < -0.4 is 5.32 Å². The number of hydrogen-bond donors (Lipinski definition) is 1. The lowest BCUT2D eigenvalue weighted by Crippen LogP contribution is -2.19. The van der Waals surface area contributed by atoms with Gasteiger partial charge in [-0.3, -0.25) is 0 Å². The smallest absolute Gasteiger partial charge is 0.209 e. The molecule has 110 valence electrons. The van der Waals surface area contributed by atoms with Gasteiger partial charge >= 0.3 is 0 Å². The van der Waals surface area contributed by atoms with E-state index in [2.05, 4.69) is 5.32 Å². The molecule has 21 heavy (non-hydrogen) atoms. The van der Waals surface area contributed by atoms with E-state index in [1.807, 2.05) is 13.8 Å². The molecule has 0 saturated heterocycles. The SMILES string of the molecule is CC1(C)CNc2cc(S(=O)(=O)c3ccccc3)c(F)cc21. The molecule has 0 aliphatic carbocycles. The average Bonchev–Trinajstić information content (AvgIpc) is 2.74. The molecular formula is C16H16FNO2S. The predicted molar refractivity (Wildman–Crippen MR) is 79.8 cm³/mol. The summed E-state index contributed by atoms with van der Waals surface area (Å²) in [4.78, 5) is -0.182. The zero-order valence-electron chi connectivity index (χ0n) is 11.9. The van der Waals surface area contributed by atoms with Crippen LogP contribution in [0.5, 0.6) is 0 Å². The van der Waals surface area contributed by atoms with Crippen LogP contribution in [0.15, 0.2) is 52.3 Å². The van der Waals surface area contributed by atoms with Crippen molar-refractivity contribution in [2.24, 2.45) is 0 Å². The molecule has 3 rings (SSSR count). The van der Waals surface area contributed by atoms with Crippen LogP contribution in [0.1, 0.15) is 19.4 Å². The first-order valence-corrected chi connectivity index (χ1v) is 8.19. The van der Waals surface area contributed by atoms with Crippen LogP contribution in [-0.2, 0) is 15.3 Å². The standard InChI is InChI=1S/C16H16FNO2S/c1-16(2)10-18-14-9-15(13(17)8-12(14)16)21(19,20)11-6-4-3-5-7-11/h3-9,18H,10H2,1-2H3. The van der Waals surface area contributed by atoms with E-state index in [-0.39, 0.29) is 15.2 Å². The Hall–Kier alpha value is -1.88. The highest BCUT2D eigenvalue weighted by Gasteiger charge is 2.33. The van der Waals surface area contributed by atoms with Crippen molar-refractivity contribution in [2.75, 3.05) is 11.9 Å². The molecule has 0 unspecified atom stereocenters. The number of halogens is 1. The molecule has 1 N–H and O–H groups in total. The van der Waals surface area contributed by atoms with Gasteiger partial charge in [-0.2, -0.15) is 0 Å². The van der Waals surface area contributed by atoms with Gasteiger partial charge in [0.1, 0.15) is 10.7 Å². The fourth-order valence-corrected chi connectivity index (χ4v) is 3.96. The second-order valence-corrected chi connectivity index (χ2v) is 7.80. The third-order valence-electron chi connectivity index (χ3n) is 3.86. The first-order valence-electron chi connectivity index (χ1n) is 6.70. The number of rotatable bonds is 2. The van der Waals surface area contributed by atoms with Crippen molar-refractivity contribution in [3.05, 3.63) is 53.8 Å². The van der Waals surface area contributed by atoms with E-state index in [4.69, 9.17) is 0 Å². The minimum absolute atomic E-state index is 0.0982. The Morgan fingerprint density at radius 1 is 1.14 bits per heavy atom. The summed E-state index contributed by atoms with van der Waals surface area (Å²) in [7, 11) is -3.84. The minimum Gasteiger partial charge on any atom is -0.384 e. The first kappa shape index (κ1) is 14.1. The molecule has 1 heterocycles. The molecule has 0 atom stereocenters. The Balaban J connectivity index is 2.18. The zero-order chi connectivity index (χ0) is 15.3. The molecule has 0 saturated carbocycles. The molecule has 1 aliphatic rings. The van der Waals surface area contributed by atoms with Crippen molar-refractivity contribution in [1.82, 2.24) is 0 Å². The Labute approximate surface area is 123 Å². The van der Waals surface area contributed by atoms with Gasteiger partial charge in [-0.25, -0.2) is 12.8 Å². The molecule has 0 amide bonds. The summed E-state index contributed by atoms with van der Waals surface area (Å²) in [5.41, 5.74) is 1.30. The van der Waals surface area contributed by atoms with Crippen LogP contribution >= 0.6 is 0 Å². The highest BCUT2D eigenvalue weighted by atomic mass is 32.2. The topological polar surface area (TPSA) is 46.2 Å². The predicted octanol–water partition coefficient (Wildman–Crippen LogP) is 3.36. The van der Waals surface area contributed by atoms with Gasteiger partial charge in [-0.15, -0.1) is 0 Å². The van der Waals surface area contributed by atoms with Crippen LogP contribution in [0.3, 0.4) is 0 Å². The van der Waals surface area contributed by atoms with E-state index in [0.29, 0.717) is 12.2 Å². The average molecular weight is 305 g/mol. The van der Waals surface area contributed by atoms with Gasteiger partial charge in [0.05, 0.1) is 4.90 Å². The summed E-state index contributed by atoms with van der Waals surface area (Å²) >= 11 is 0. The monoisotopic (exact) mass is 305 g/mol. The third kappa shape index (κ3) is 2.21. The summed E-state index contributed by atoms with van der Waals surface area (Å²) < 4.78 is 39.5. The lowest BCUT2D eigenvalue weighted by Gasteiger charge is -2.17. The fraction of sp³-hybridized carbons (Fsp3) is 0.250. The number of nitrogens with one attached hydrogen (secondary N) is 1. The normalized spacial score (nSPS) is 16.3. The summed E-state index contributed by atoms with van der Waals surface area (Å²) in [5, 5.41) is 3.15. The van der Waals surface area contributed by atoms with Crippen molar-refractivity contribution in [3.63, 3.8) is 0 Å². The van der Waals surface area contributed by atoms with Crippen molar-refractivity contribution in [1.29, 1.82) is 0 Å². The lowest BCUT2D eigenvalue weighted by atomic mass is 9.87. The van der Waals surface area contributed by atoms with Gasteiger partial charge in [0.2, 0.25) is 9.84 Å². The first-order chi connectivity index (χ1) is 9.82. The molecule has 1 aliphatic heterocycles. The third-order valence-corrected chi connectivity index (χ3v) is 5.65. The largest absolute Gasteiger partial charge is 0.384 e. The molecule has 3 nitrogen and oxygen atoms in total. The fourth-order valence-electron chi connectivity index (χ4n) is 2.60. The summed E-state index contributed by atoms with van der Waals surface area (Å²) in [6.07, 6.45) is 0. The second-order valence-electron chi connectivity index (χ2n) is 5.88. The highest BCUT2D eigenvalue weighted by Crippen LogP contribution is 2.39. The molecule has 2 aromatic carbocycles. The van der Waals surface area contributed by atoms with Crippen LogP contribution in [0.4, 0.5) is 10.1 Å². The van der Waals surface area contributed by atoms with Crippen molar-refractivity contribution >= 4 is 15.5 Å². The Morgan fingerprint density at radius 3 is 2.48 bits per heavy atom. The summed E-state index contributed by atoms with van der Waals surface area (Å²) in [6.45, 7) is 4.66. The van der Waals surface area contributed by atoms with Crippen molar-refractivity contribution in [3.8, 4) is 0 Å². The number of anilines is 1. The van der Waals surface area contributed by atoms with Crippen molar-refractivity contribution < 1.29 is 12.8 Å². The van der Waals surface area contributed by atoms with Crippen LogP contribution in [0.25, 0.3) is 0 Å². The molecule has 5 heteroatoms. The Bertz CT molecular complexity index is 799. The number of hydrogen-bond acceptors (Lipinski definition) is 3. The van der Waals surface area contributed by atoms with Crippen LogP contribution in [0, 0.1) is 5.82 Å². The van der Waals surface area contributed by atoms with Gasteiger partial charge in [0.25, 0.3) is 0 Å². The van der Waals surface area contributed by atoms with Crippen molar-refractivity contribution in [2.45, 2.75) is 29.1 Å². The van der Waals surface area contributed by atoms with E-state index < -0.39 is 15.7 Å². The van der Waals surface area contributed by atoms with Crippen LogP contribution in [0.2, 0.25) is 0 Å². The van der Waals surface area contributed by atoms with E-state index >= 15 is 0 Å². The minimum atomic E-state index is -3.84. The molecule has 0 aromatic heterocycles. The number of benzene rings is 2.